The number of carbonyl (C=O) groups excluding carboxylic acids is 1. The van der Waals surface area contributed by atoms with Gasteiger partial charge in [0.2, 0.25) is 0 Å². The Labute approximate surface area is 68.5 Å². The van der Waals surface area contributed by atoms with Gasteiger partial charge in [0.05, 0.1) is 0 Å². The van der Waals surface area contributed by atoms with Crippen LogP contribution in [0, 0.1) is 11.8 Å². The number of rotatable bonds is 1. The first-order chi connectivity index (χ1) is 5.11. The molecule has 0 unspecified atom stereocenters. The minimum absolute atomic E-state index is 0.305. The van der Waals surface area contributed by atoms with Crippen LogP contribution in [0.15, 0.2) is 11.6 Å². The molecule has 0 aromatic carbocycles. The Hall–Kier alpha value is -0.590. The van der Waals surface area contributed by atoms with E-state index in [-0.39, 0.29) is 0 Å². The molecule has 0 spiro atoms. The third-order valence-corrected chi connectivity index (χ3v) is 2.48. The number of hydrogen-bond donors (Lipinski definition) is 0. The summed E-state index contributed by atoms with van der Waals surface area (Å²) in [5.41, 5.74) is 1.27. The van der Waals surface area contributed by atoms with Crippen LogP contribution in [-0.4, -0.2) is 5.78 Å². The quantitative estimate of drug-likeness (QED) is 0.564. The van der Waals surface area contributed by atoms with Crippen LogP contribution >= 0.6 is 0 Å². The van der Waals surface area contributed by atoms with Gasteiger partial charge in [-0.25, -0.2) is 0 Å². The van der Waals surface area contributed by atoms with E-state index in [0.717, 1.165) is 12.8 Å². The highest BCUT2D eigenvalue weighted by Crippen LogP contribution is 2.28. The van der Waals surface area contributed by atoms with E-state index in [1.165, 1.54) is 5.57 Å². The lowest BCUT2D eigenvalue weighted by Gasteiger charge is -2.24. The second-order valence-corrected chi connectivity index (χ2v) is 3.74. The third kappa shape index (κ3) is 1.92. The van der Waals surface area contributed by atoms with Gasteiger partial charge in [0.25, 0.3) is 0 Å². The van der Waals surface area contributed by atoms with E-state index < -0.39 is 0 Å². The highest BCUT2D eigenvalue weighted by molar-refractivity contribution is 5.91. The van der Waals surface area contributed by atoms with Crippen LogP contribution in [0.2, 0.25) is 0 Å². The average molecular weight is 152 g/mol. The van der Waals surface area contributed by atoms with Gasteiger partial charge in [-0.2, -0.15) is 0 Å². The summed E-state index contributed by atoms with van der Waals surface area (Å²) in [5, 5.41) is 0. The summed E-state index contributed by atoms with van der Waals surface area (Å²) >= 11 is 0. The van der Waals surface area contributed by atoms with Crippen molar-refractivity contribution < 1.29 is 4.79 Å². The van der Waals surface area contributed by atoms with E-state index in [1.807, 2.05) is 6.08 Å². The Morgan fingerprint density at radius 2 is 2.18 bits per heavy atom. The second-order valence-electron chi connectivity index (χ2n) is 3.74. The van der Waals surface area contributed by atoms with Gasteiger partial charge in [0, 0.05) is 6.42 Å². The number of hydrogen-bond acceptors (Lipinski definition) is 1. The molecular weight excluding hydrogens is 136 g/mol. The Bertz CT molecular complexity index is 189. The third-order valence-electron chi connectivity index (χ3n) is 2.48. The normalized spacial score (nSPS) is 25.6. The molecule has 0 N–H and O–H groups in total. The Balaban J connectivity index is 2.72. The first-order valence-electron chi connectivity index (χ1n) is 4.32. The van der Waals surface area contributed by atoms with Gasteiger partial charge >= 0.3 is 0 Å². The predicted octanol–water partition coefficient (Wildman–Crippen LogP) is 2.57. The van der Waals surface area contributed by atoms with Crippen molar-refractivity contribution >= 4 is 5.78 Å². The summed E-state index contributed by atoms with van der Waals surface area (Å²) in [7, 11) is 0. The van der Waals surface area contributed by atoms with E-state index in [2.05, 4.69) is 20.8 Å². The molecule has 1 aliphatic carbocycles. The summed E-state index contributed by atoms with van der Waals surface area (Å²) in [5.74, 6) is 1.63. The maximum Gasteiger partial charge on any atom is 0.155 e. The van der Waals surface area contributed by atoms with Crippen molar-refractivity contribution in [1.29, 1.82) is 0 Å². The summed E-state index contributed by atoms with van der Waals surface area (Å²) in [6.45, 7) is 6.51. The molecule has 1 aliphatic rings. The van der Waals surface area contributed by atoms with Gasteiger partial charge in [-0.3, -0.25) is 4.79 Å². The second kappa shape index (κ2) is 3.21. The molecule has 11 heavy (non-hydrogen) atoms. The molecule has 1 heteroatoms. The fourth-order valence-electron chi connectivity index (χ4n) is 1.82. The van der Waals surface area contributed by atoms with E-state index in [4.69, 9.17) is 0 Å². The zero-order valence-corrected chi connectivity index (χ0v) is 7.55. The molecule has 0 heterocycles. The molecule has 1 rings (SSSR count). The van der Waals surface area contributed by atoms with E-state index >= 15 is 0 Å². The fraction of sp³-hybridized carbons (Fsp3) is 0.700. The molecule has 0 amide bonds. The van der Waals surface area contributed by atoms with Crippen molar-refractivity contribution in [3.05, 3.63) is 11.6 Å². The molecule has 0 fully saturated rings. The molecule has 0 radical (unpaired) electrons. The predicted molar refractivity (Wildman–Crippen MR) is 46.3 cm³/mol. The first-order valence-corrected chi connectivity index (χ1v) is 4.32. The number of allylic oxidation sites excluding steroid dienone is 2. The summed E-state index contributed by atoms with van der Waals surface area (Å²) in [4.78, 5) is 11.0. The molecule has 0 aliphatic heterocycles. The minimum Gasteiger partial charge on any atom is -0.295 e. The van der Waals surface area contributed by atoms with Crippen LogP contribution in [0.3, 0.4) is 0 Å². The molecule has 62 valence electrons. The Morgan fingerprint density at radius 3 is 2.64 bits per heavy atom. The maximum atomic E-state index is 11.0. The molecule has 0 bridgehead atoms. The number of ketones is 1. The zero-order chi connectivity index (χ0) is 8.43. The van der Waals surface area contributed by atoms with Crippen molar-refractivity contribution in [2.24, 2.45) is 11.8 Å². The lowest BCUT2D eigenvalue weighted by molar-refractivity contribution is -0.115. The van der Waals surface area contributed by atoms with E-state index in [0.29, 0.717) is 17.6 Å². The molecule has 0 aromatic rings. The maximum absolute atomic E-state index is 11.0. The zero-order valence-electron chi connectivity index (χ0n) is 7.55. The smallest absolute Gasteiger partial charge is 0.155 e. The van der Waals surface area contributed by atoms with Gasteiger partial charge in [0.15, 0.2) is 5.78 Å². The van der Waals surface area contributed by atoms with Crippen LogP contribution < -0.4 is 0 Å². The van der Waals surface area contributed by atoms with Crippen molar-refractivity contribution in [2.45, 2.75) is 33.6 Å². The van der Waals surface area contributed by atoms with Crippen molar-refractivity contribution in [1.82, 2.24) is 0 Å². The van der Waals surface area contributed by atoms with Gasteiger partial charge in [-0.05, 0) is 31.3 Å². The van der Waals surface area contributed by atoms with Crippen molar-refractivity contribution in [3.8, 4) is 0 Å². The lowest BCUT2D eigenvalue weighted by atomic mass is 9.81. The Kier molecular flexibility index (Phi) is 2.48. The van der Waals surface area contributed by atoms with Gasteiger partial charge in [-0.15, -0.1) is 0 Å². The van der Waals surface area contributed by atoms with Crippen LogP contribution in [0.5, 0.6) is 0 Å². The van der Waals surface area contributed by atoms with Gasteiger partial charge in [0.1, 0.15) is 0 Å². The molecule has 1 atom stereocenters. The van der Waals surface area contributed by atoms with Gasteiger partial charge < -0.3 is 0 Å². The Morgan fingerprint density at radius 1 is 1.55 bits per heavy atom. The summed E-state index contributed by atoms with van der Waals surface area (Å²) in [6, 6.07) is 0. The monoisotopic (exact) mass is 152 g/mol. The largest absolute Gasteiger partial charge is 0.295 e. The fourth-order valence-corrected chi connectivity index (χ4v) is 1.82. The van der Waals surface area contributed by atoms with Crippen LogP contribution in [-0.2, 0) is 4.79 Å². The molecule has 1 nitrogen and oxygen atoms in total. The lowest BCUT2D eigenvalue weighted by Crippen LogP contribution is -2.17. The summed E-state index contributed by atoms with van der Waals surface area (Å²) in [6.07, 6.45) is 3.62. The molecule has 0 saturated heterocycles. The summed E-state index contributed by atoms with van der Waals surface area (Å²) < 4.78 is 0. The highest BCUT2D eigenvalue weighted by Gasteiger charge is 2.20. The topological polar surface area (TPSA) is 17.1 Å². The molecular formula is C10H16O. The van der Waals surface area contributed by atoms with Gasteiger partial charge in [-0.1, -0.05) is 19.4 Å². The minimum atomic E-state index is 0.305. The van der Waals surface area contributed by atoms with Crippen LogP contribution in [0.1, 0.15) is 33.6 Å². The average Bonchev–Trinajstić information content (AvgIpc) is 1.85. The highest BCUT2D eigenvalue weighted by atomic mass is 16.1. The first kappa shape index (κ1) is 8.51. The van der Waals surface area contributed by atoms with Crippen LogP contribution in [0.25, 0.3) is 0 Å². The SMILES string of the molecule is CC1=CC(=O)CC[C@H]1C(C)C. The molecule has 0 saturated carbocycles. The van der Waals surface area contributed by atoms with Crippen molar-refractivity contribution in [2.75, 3.05) is 0 Å². The van der Waals surface area contributed by atoms with Crippen molar-refractivity contribution in [3.63, 3.8) is 0 Å². The van der Waals surface area contributed by atoms with E-state index in [9.17, 15) is 4.79 Å². The van der Waals surface area contributed by atoms with E-state index in [1.54, 1.807) is 0 Å². The number of carbonyl (C=O) groups is 1. The van der Waals surface area contributed by atoms with Crippen LogP contribution in [0.4, 0.5) is 0 Å². The standard InChI is InChI=1S/C10H16O/c1-7(2)10-5-4-9(11)6-8(10)3/h6-7,10H,4-5H2,1-3H3/t10-/m0/s1. The molecule has 0 aromatic heterocycles.